The van der Waals surface area contributed by atoms with Gasteiger partial charge in [0.05, 0.1) is 17.7 Å². The predicted octanol–water partition coefficient (Wildman–Crippen LogP) is 2.58. The van der Waals surface area contributed by atoms with Gasteiger partial charge in [-0.1, -0.05) is 37.1 Å². The van der Waals surface area contributed by atoms with E-state index in [1.165, 1.54) is 0 Å². The fourth-order valence-electron chi connectivity index (χ4n) is 3.09. The quantitative estimate of drug-likeness (QED) is 0.812. The van der Waals surface area contributed by atoms with Gasteiger partial charge in [0.2, 0.25) is 0 Å². The van der Waals surface area contributed by atoms with Gasteiger partial charge in [-0.25, -0.2) is 0 Å². The van der Waals surface area contributed by atoms with Crippen LogP contribution in [0.3, 0.4) is 0 Å². The SMILES string of the molecule is O=C(NC1(CO)CCCC1)c1cc2ccccc2cc1O. The van der Waals surface area contributed by atoms with Crippen molar-refractivity contribution in [1.29, 1.82) is 0 Å². The molecule has 0 bridgehead atoms. The highest BCUT2D eigenvalue weighted by molar-refractivity contribution is 6.01. The molecule has 1 saturated carbocycles. The molecule has 0 spiro atoms. The lowest BCUT2D eigenvalue weighted by atomic mass is 9.97. The van der Waals surface area contributed by atoms with Crippen LogP contribution in [0.4, 0.5) is 0 Å². The first-order valence-electron chi connectivity index (χ1n) is 7.29. The summed E-state index contributed by atoms with van der Waals surface area (Å²) in [5.41, 5.74) is -0.275. The van der Waals surface area contributed by atoms with Gasteiger partial charge in [0.25, 0.3) is 5.91 Å². The molecule has 21 heavy (non-hydrogen) atoms. The third-order valence-electron chi connectivity index (χ3n) is 4.35. The van der Waals surface area contributed by atoms with E-state index >= 15 is 0 Å². The van der Waals surface area contributed by atoms with Crippen LogP contribution in [0.5, 0.6) is 5.75 Å². The Kier molecular flexibility index (Phi) is 3.55. The molecule has 0 aromatic heterocycles. The third-order valence-corrected chi connectivity index (χ3v) is 4.35. The number of nitrogens with one attached hydrogen (secondary N) is 1. The van der Waals surface area contributed by atoms with Crippen molar-refractivity contribution in [2.75, 3.05) is 6.61 Å². The average molecular weight is 285 g/mol. The number of carbonyl (C=O) groups is 1. The second-order valence-electron chi connectivity index (χ2n) is 5.82. The first-order valence-corrected chi connectivity index (χ1v) is 7.29. The molecule has 4 nitrogen and oxygen atoms in total. The lowest BCUT2D eigenvalue weighted by molar-refractivity contribution is 0.0836. The standard InChI is InChI=1S/C17H19NO3/c19-11-17(7-3-4-8-17)18-16(21)14-9-12-5-1-2-6-13(12)10-15(14)20/h1-2,5-6,9-10,19-20H,3-4,7-8,11H2,(H,18,21). The Labute approximate surface area is 123 Å². The molecule has 1 aliphatic carbocycles. The van der Waals surface area contributed by atoms with Crippen molar-refractivity contribution >= 4 is 16.7 Å². The van der Waals surface area contributed by atoms with E-state index in [0.717, 1.165) is 36.5 Å². The second-order valence-corrected chi connectivity index (χ2v) is 5.82. The molecular weight excluding hydrogens is 266 g/mol. The molecule has 0 unspecified atom stereocenters. The number of benzene rings is 2. The number of fused-ring (bicyclic) bond motifs is 1. The molecule has 110 valence electrons. The van der Waals surface area contributed by atoms with E-state index in [1.54, 1.807) is 12.1 Å². The minimum atomic E-state index is -0.533. The summed E-state index contributed by atoms with van der Waals surface area (Å²) in [4.78, 5) is 12.4. The first kappa shape index (κ1) is 13.9. The van der Waals surface area contributed by atoms with Gasteiger partial charge in [0.1, 0.15) is 5.75 Å². The Hall–Kier alpha value is -2.07. The molecule has 4 heteroatoms. The number of hydrogen-bond donors (Lipinski definition) is 3. The van der Waals surface area contributed by atoms with Crippen LogP contribution in [-0.2, 0) is 0 Å². The summed E-state index contributed by atoms with van der Waals surface area (Å²) in [6.45, 7) is -0.0624. The number of carbonyl (C=O) groups excluding carboxylic acids is 1. The summed E-state index contributed by atoms with van der Waals surface area (Å²) in [5.74, 6) is -0.355. The zero-order valence-corrected chi connectivity index (χ0v) is 11.8. The van der Waals surface area contributed by atoms with Crippen LogP contribution in [-0.4, -0.2) is 28.3 Å². The number of phenols is 1. The molecule has 1 aliphatic rings. The Balaban J connectivity index is 1.92. The Bertz CT molecular complexity index is 675. The average Bonchev–Trinajstić information content (AvgIpc) is 2.95. The second kappa shape index (κ2) is 5.37. The van der Waals surface area contributed by atoms with Crippen LogP contribution in [0.1, 0.15) is 36.0 Å². The highest BCUT2D eigenvalue weighted by Gasteiger charge is 2.35. The zero-order valence-electron chi connectivity index (χ0n) is 11.8. The topological polar surface area (TPSA) is 69.6 Å². The van der Waals surface area contributed by atoms with Crippen molar-refractivity contribution in [3.63, 3.8) is 0 Å². The van der Waals surface area contributed by atoms with E-state index < -0.39 is 5.54 Å². The van der Waals surface area contributed by atoms with E-state index in [-0.39, 0.29) is 23.8 Å². The summed E-state index contributed by atoms with van der Waals surface area (Å²) in [7, 11) is 0. The molecule has 0 heterocycles. The molecule has 0 aliphatic heterocycles. The molecule has 3 N–H and O–H groups in total. The zero-order chi connectivity index (χ0) is 14.9. The van der Waals surface area contributed by atoms with Gasteiger partial charge >= 0.3 is 0 Å². The molecule has 2 aromatic rings. The van der Waals surface area contributed by atoms with Gasteiger partial charge in [0, 0.05) is 0 Å². The number of hydrogen-bond acceptors (Lipinski definition) is 3. The maximum atomic E-state index is 12.4. The van der Waals surface area contributed by atoms with Crippen LogP contribution in [0.2, 0.25) is 0 Å². The number of phenolic OH excluding ortho intramolecular Hbond substituents is 1. The molecule has 0 radical (unpaired) electrons. The van der Waals surface area contributed by atoms with Crippen molar-refractivity contribution in [2.24, 2.45) is 0 Å². The minimum Gasteiger partial charge on any atom is -0.507 e. The van der Waals surface area contributed by atoms with E-state index in [1.807, 2.05) is 24.3 Å². The third kappa shape index (κ3) is 2.59. The van der Waals surface area contributed by atoms with Crippen LogP contribution in [0.25, 0.3) is 10.8 Å². The summed E-state index contributed by atoms with van der Waals surface area (Å²) >= 11 is 0. The Morgan fingerprint density at radius 1 is 1.14 bits per heavy atom. The molecule has 3 rings (SSSR count). The maximum absolute atomic E-state index is 12.4. The van der Waals surface area contributed by atoms with Gasteiger partial charge < -0.3 is 15.5 Å². The van der Waals surface area contributed by atoms with Crippen molar-refractivity contribution < 1.29 is 15.0 Å². The number of aromatic hydroxyl groups is 1. The summed E-state index contributed by atoms with van der Waals surface area (Å²) in [5, 5.41) is 24.4. The molecule has 1 amide bonds. The highest BCUT2D eigenvalue weighted by atomic mass is 16.3. The fraction of sp³-hybridized carbons (Fsp3) is 0.353. The molecular formula is C17H19NO3. The van der Waals surface area contributed by atoms with Crippen molar-refractivity contribution in [3.05, 3.63) is 42.0 Å². The van der Waals surface area contributed by atoms with Gasteiger partial charge in [-0.05, 0) is 35.7 Å². The molecule has 0 atom stereocenters. The van der Waals surface area contributed by atoms with Gasteiger partial charge in [-0.2, -0.15) is 0 Å². The monoisotopic (exact) mass is 285 g/mol. The van der Waals surface area contributed by atoms with Crippen molar-refractivity contribution in [1.82, 2.24) is 5.32 Å². The van der Waals surface area contributed by atoms with Crippen molar-refractivity contribution in [3.8, 4) is 5.75 Å². The van der Waals surface area contributed by atoms with E-state index in [2.05, 4.69) is 5.32 Å². The minimum absolute atomic E-state index is 0.0303. The largest absolute Gasteiger partial charge is 0.507 e. The van der Waals surface area contributed by atoms with E-state index in [0.29, 0.717) is 0 Å². The number of rotatable bonds is 3. The van der Waals surface area contributed by atoms with E-state index in [4.69, 9.17) is 0 Å². The summed E-state index contributed by atoms with van der Waals surface area (Å²) < 4.78 is 0. The Morgan fingerprint density at radius 3 is 2.38 bits per heavy atom. The molecule has 1 fully saturated rings. The normalized spacial score (nSPS) is 17.0. The first-order chi connectivity index (χ1) is 10.1. The van der Waals surface area contributed by atoms with Crippen LogP contribution in [0, 0.1) is 0 Å². The lowest BCUT2D eigenvalue weighted by Crippen LogP contribution is -2.49. The number of aliphatic hydroxyl groups excluding tert-OH is 1. The lowest BCUT2D eigenvalue weighted by Gasteiger charge is -2.28. The number of aliphatic hydroxyl groups is 1. The van der Waals surface area contributed by atoms with Crippen molar-refractivity contribution in [2.45, 2.75) is 31.2 Å². The predicted molar refractivity (Wildman–Crippen MR) is 81.4 cm³/mol. The van der Waals surface area contributed by atoms with Gasteiger partial charge in [-0.15, -0.1) is 0 Å². The van der Waals surface area contributed by atoms with Crippen LogP contribution >= 0.6 is 0 Å². The fourth-order valence-corrected chi connectivity index (χ4v) is 3.09. The highest BCUT2D eigenvalue weighted by Crippen LogP contribution is 2.31. The number of amides is 1. The Morgan fingerprint density at radius 2 is 1.76 bits per heavy atom. The molecule has 0 saturated heterocycles. The van der Waals surface area contributed by atoms with Crippen LogP contribution < -0.4 is 5.32 Å². The van der Waals surface area contributed by atoms with Gasteiger partial charge in [0.15, 0.2) is 0 Å². The smallest absolute Gasteiger partial charge is 0.255 e. The summed E-state index contributed by atoms with van der Waals surface area (Å²) in [6, 6.07) is 10.9. The summed E-state index contributed by atoms with van der Waals surface area (Å²) in [6.07, 6.45) is 3.57. The van der Waals surface area contributed by atoms with E-state index in [9.17, 15) is 15.0 Å². The van der Waals surface area contributed by atoms with Gasteiger partial charge in [-0.3, -0.25) is 4.79 Å². The maximum Gasteiger partial charge on any atom is 0.255 e. The molecule has 2 aromatic carbocycles. The van der Waals surface area contributed by atoms with Crippen LogP contribution in [0.15, 0.2) is 36.4 Å².